The molecular weight excluding hydrogens is 436 g/mol. The number of phenols is 1. The topological polar surface area (TPSA) is 110 Å². The normalized spacial score (nSPS) is 19.0. The number of carbonyl (C=O) groups is 1. The van der Waals surface area contributed by atoms with Gasteiger partial charge < -0.3 is 29.7 Å². The fraction of sp³-hybridized carbons (Fsp3) is 0.308. The lowest BCUT2D eigenvalue weighted by atomic mass is 9.86. The zero-order valence-corrected chi connectivity index (χ0v) is 18.8. The van der Waals surface area contributed by atoms with E-state index in [0.717, 1.165) is 24.0 Å². The molecule has 176 valence electrons. The number of fused-ring (bicyclic) bond motifs is 1. The number of nitrogens with zero attached hydrogens (tertiary/aromatic N) is 1. The first-order valence-corrected chi connectivity index (χ1v) is 11.3. The molecule has 1 aliphatic carbocycles. The zero-order chi connectivity index (χ0) is 23.7. The number of phenolic OH excluding ortho intramolecular Hbond substituents is 1. The number of aromatic nitrogens is 1. The van der Waals surface area contributed by atoms with Crippen LogP contribution < -0.4 is 19.5 Å². The van der Waals surface area contributed by atoms with Gasteiger partial charge in [-0.3, -0.25) is 4.79 Å². The maximum atomic E-state index is 11.5. The Morgan fingerprint density at radius 2 is 2.00 bits per heavy atom. The number of carboxylic acids is 1. The molecule has 2 aromatic carbocycles. The van der Waals surface area contributed by atoms with Gasteiger partial charge in [-0.15, -0.1) is 0 Å². The van der Waals surface area contributed by atoms with Crippen molar-refractivity contribution in [3.05, 3.63) is 48.5 Å². The van der Waals surface area contributed by atoms with Gasteiger partial charge >= 0.3 is 5.97 Å². The SMILES string of the molecule is COc1ccc(-c2cc(-c3cccc4c3OCO4)cc(NC3CCCC(C(=O)O)C3)n2)c(O)c1. The van der Waals surface area contributed by atoms with E-state index in [4.69, 9.17) is 19.2 Å². The Morgan fingerprint density at radius 3 is 2.79 bits per heavy atom. The van der Waals surface area contributed by atoms with Crippen molar-refractivity contribution in [2.45, 2.75) is 31.7 Å². The van der Waals surface area contributed by atoms with Gasteiger partial charge in [0.05, 0.1) is 18.7 Å². The van der Waals surface area contributed by atoms with E-state index in [0.29, 0.717) is 47.2 Å². The third-order valence-electron chi connectivity index (χ3n) is 6.39. The highest BCUT2D eigenvalue weighted by atomic mass is 16.7. The van der Waals surface area contributed by atoms with Gasteiger partial charge in [-0.05, 0) is 55.2 Å². The number of ether oxygens (including phenoxy) is 3. The van der Waals surface area contributed by atoms with Crippen molar-refractivity contribution in [3.8, 4) is 45.4 Å². The molecule has 0 amide bonds. The maximum Gasteiger partial charge on any atom is 0.306 e. The zero-order valence-electron chi connectivity index (χ0n) is 18.8. The summed E-state index contributed by atoms with van der Waals surface area (Å²) < 4.78 is 16.5. The molecule has 8 nitrogen and oxygen atoms in total. The molecule has 34 heavy (non-hydrogen) atoms. The van der Waals surface area contributed by atoms with Crippen molar-refractivity contribution in [1.29, 1.82) is 0 Å². The second-order valence-corrected chi connectivity index (χ2v) is 8.59. The van der Waals surface area contributed by atoms with Gasteiger partial charge in [0.15, 0.2) is 11.5 Å². The van der Waals surface area contributed by atoms with Gasteiger partial charge in [-0.1, -0.05) is 18.6 Å². The minimum absolute atomic E-state index is 0.00372. The van der Waals surface area contributed by atoms with Crippen LogP contribution in [0, 0.1) is 5.92 Å². The molecule has 0 saturated heterocycles. The fourth-order valence-corrected chi connectivity index (χ4v) is 4.66. The van der Waals surface area contributed by atoms with Gasteiger partial charge in [0.1, 0.15) is 17.3 Å². The Morgan fingerprint density at radius 1 is 1.12 bits per heavy atom. The molecule has 2 heterocycles. The van der Waals surface area contributed by atoms with E-state index in [1.54, 1.807) is 25.3 Å². The van der Waals surface area contributed by atoms with Crippen molar-refractivity contribution in [3.63, 3.8) is 0 Å². The minimum atomic E-state index is -0.756. The van der Waals surface area contributed by atoms with Crippen LogP contribution in [0.2, 0.25) is 0 Å². The highest BCUT2D eigenvalue weighted by Crippen LogP contribution is 2.43. The second-order valence-electron chi connectivity index (χ2n) is 8.59. The summed E-state index contributed by atoms with van der Waals surface area (Å²) in [5.74, 6) is 1.43. The molecule has 0 spiro atoms. The van der Waals surface area contributed by atoms with Gasteiger partial charge in [0, 0.05) is 23.2 Å². The van der Waals surface area contributed by atoms with Gasteiger partial charge in [0.2, 0.25) is 6.79 Å². The molecule has 2 unspecified atom stereocenters. The summed E-state index contributed by atoms with van der Waals surface area (Å²) in [7, 11) is 1.54. The molecule has 2 atom stereocenters. The summed E-state index contributed by atoms with van der Waals surface area (Å²) >= 11 is 0. The molecule has 8 heteroatoms. The van der Waals surface area contributed by atoms with Crippen LogP contribution in [0.25, 0.3) is 22.4 Å². The first-order chi connectivity index (χ1) is 16.5. The van der Waals surface area contributed by atoms with Gasteiger partial charge in [0.25, 0.3) is 0 Å². The van der Waals surface area contributed by atoms with E-state index in [1.165, 1.54) is 0 Å². The third-order valence-corrected chi connectivity index (χ3v) is 6.39. The molecule has 3 N–H and O–H groups in total. The standard InChI is InChI=1S/C26H26N2O6/c1-32-18-8-9-20(22(29)13-18)21-11-16(19-6-3-7-23-25(19)34-14-33-23)12-24(28-21)27-17-5-2-4-15(10-17)26(30)31/h3,6-9,11-13,15,17,29H,2,4-5,10,14H2,1H3,(H,27,28)(H,30,31). The maximum absolute atomic E-state index is 11.5. The Hall–Kier alpha value is -3.94. The number of hydrogen-bond donors (Lipinski definition) is 3. The molecule has 5 rings (SSSR count). The Bertz CT molecular complexity index is 1230. The summed E-state index contributed by atoms with van der Waals surface area (Å²) in [5.41, 5.74) is 2.82. The predicted molar refractivity (Wildman–Crippen MR) is 126 cm³/mol. The molecule has 3 aromatic rings. The van der Waals surface area contributed by atoms with Crippen molar-refractivity contribution < 1.29 is 29.2 Å². The number of rotatable bonds is 6. The quantitative estimate of drug-likeness (QED) is 0.474. The van der Waals surface area contributed by atoms with E-state index in [9.17, 15) is 15.0 Å². The van der Waals surface area contributed by atoms with Crippen molar-refractivity contribution >= 4 is 11.8 Å². The summed E-state index contributed by atoms with van der Waals surface area (Å²) in [6, 6.07) is 14.6. The van der Waals surface area contributed by atoms with Crippen LogP contribution in [0.15, 0.2) is 48.5 Å². The Balaban J connectivity index is 1.56. The van der Waals surface area contributed by atoms with Crippen LogP contribution in [0.5, 0.6) is 23.0 Å². The lowest BCUT2D eigenvalue weighted by Crippen LogP contribution is -2.31. The minimum Gasteiger partial charge on any atom is -0.507 e. The smallest absolute Gasteiger partial charge is 0.306 e. The molecule has 0 bridgehead atoms. The van der Waals surface area contributed by atoms with Crippen LogP contribution in [0.1, 0.15) is 25.7 Å². The van der Waals surface area contributed by atoms with Crippen molar-refractivity contribution in [2.75, 3.05) is 19.2 Å². The number of aliphatic carboxylic acids is 1. The number of aromatic hydroxyl groups is 1. The van der Waals surface area contributed by atoms with Crippen LogP contribution >= 0.6 is 0 Å². The van der Waals surface area contributed by atoms with Crippen LogP contribution in [0.3, 0.4) is 0 Å². The number of para-hydroxylation sites is 1. The van der Waals surface area contributed by atoms with E-state index in [-0.39, 0.29) is 24.5 Å². The first-order valence-electron chi connectivity index (χ1n) is 11.3. The second kappa shape index (κ2) is 9.13. The lowest BCUT2D eigenvalue weighted by Gasteiger charge is -2.28. The summed E-state index contributed by atoms with van der Waals surface area (Å²) in [5, 5.41) is 23.6. The van der Waals surface area contributed by atoms with Crippen molar-refractivity contribution in [1.82, 2.24) is 4.98 Å². The number of methoxy groups -OCH3 is 1. The summed E-state index contributed by atoms with van der Waals surface area (Å²) in [4.78, 5) is 16.3. The van der Waals surface area contributed by atoms with E-state index in [2.05, 4.69) is 5.32 Å². The number of hydrogen-bond acceptors (Lipinski definition) is 7. The molecule has 2 aliphatic rings. The van der Waals surface area contributed by atoms with Crippen LogP contribution in [-0.2, 0) is 4.79 Å². The monoisotopic (exact) mass is 462 g/mol. The van der Waals surface area contributed by atoms with E-state index >= 15 is 0 Å². The predicted octanol–water partition coefficient (Wildman–Crippen LogP) is 4.91. The van der Waals surface area contributed by atoms with Crippen LogP contribution in [0.4, 0.5) is 5.82 Å². The molecular formula is C26H26N2O6. The number of pyridine rings is 1. The van der Waals surface area contributed by atoms with Crippen molar-refractivity contribution in [2.24, 2.45) is 5.92 Å². The number of anilines is 1. The van der Waals surface area contributed by atoms with E-state index < -0.39 is 5.97 Å². The third kappa shape index (κ3) is 4.31. The van der Waals surface area contributed by atoms with Gasteiger partial charge in [-0.25, -0.2) is 4.98 Å². The lowest BCUT2D eigenvalue weighted by molar-refractivity contribution is -0.142. The first kappa shape index (κ1) is 21.9. The molecule has 1 fully saturated rings. The molecule has 1 aromatic heterocycles. The largest absolute Gasteiger partial charge is 0.507 e. The summed E-state index contributed by atoms with van der Waals surface area (Å²) in [6.07, 6.45) is 2.95. The highest BCUT2D eigenvalue weighted by Gasteiger charge is 2.27. The van der Waals surface area contributed by atoms with E-state index in [1.807, 2.05) is 30.3 Å². The Labute approximate surface area is 197 Å². The van der Waals surface area contributed by atoms with Crippen LogP contribution in [-0.4, -0.2) is 41.1 Å². The number of carboxylic acid groups (broad SMARTS) is 1. The molecule has 1 aliphatic heterocycles. The molecule has 0 radical (unpaired) electrons. The van der Waals surface area contributed by atoms with Gasteiger partial charge in [-0.2, -0.15) is 0 Å². The fourth-order valence-electron chi connectivity index (χ4n) is 4.66. The number of benzene rings is 2. The highest BCUT2D eigenvalue weighted by molar-refractivity contribution is 5.81. The average molecular weight is 463 g/mol. The average Bonchev–Trinajstić information content (AvgIpc) is 3.33. The molecule has 1 saturated carbocycles. The summed E-state index contributed by atoms with van der Waals surface area (Å²) in [6.45, 7) is 0.160. The number of nitrogens with one attached hydrogen (secondary N) is 1. The Kier molecular flexibility index (Phi) is 5.88.